The molecule has 0 atom stereocenters. The van der Waals surface area contributed by atoms with Gasteiger partial charge in [0.1, 0.15) is 5.69 Å². The lowest BCUT2D eigenvalue weighted by Crippen LogP contribution is -2.48. The maximum absolute atomic E-state index is 12.8. The molecule has 0 unspecified atom stereocenters. The van der Waals surface area contributed by atoms with Gasteiger partial charge in [0.2, 0.25) is 5.91 Å². The molecule has 1 aliphatic heterocycles. The first-order valence-electron chi connectivity index (χ1n) is 9.13. The zero-order valence-corrected chi connectivity index (χ0v) is 15.7. The molecule has 1 N–H and O–H groups in total. The summed E-state index contributed by atoms with van der Waals surface area (Å²) < 4.78 is 38.3. The first-order chi connectivity index (χ1) is 13.3. The number of carbonyl (C=O) groups excluding carboxylic acids is 1. The Balaban J connectivity index is 1.47. The van der Waals surface area contributed by atoms with Crippen molar-refractivity contribution in [2.45, 2.75) is 19.6 Å². The van der Waals surface area contributed by atoms with E-state index < -0.39 is 11.9 Å². The fourth-order valence-electron chi connectivity index (χ4n) is 3.20. The van der Waals surface area contributed by atoms with Crippen molar-refractivity contribution in [2.24, 2.45) is 0 Å². The van der Waals surface area contributed by atoms with E-state index in [-0.39, 0.29) is 5.91 Å². The topological polar surface area (TPSA) is 48.5 Å². The third kappa shape index (κ3) is 5.53. The van der Waals surface area contributed by atoms with Gasteiger partial charge in [-0.25, -0.2) is 0 Å². The zero-order valence-electron chi connectivity index (χ0n) is 15.7. The predicted molar refractivity (Wildman–Crippen MR) is 101 cm³/mol. The van der Waals surface area contributed by atoms with Crippen molar-refractivity contribution in [1.82, 2.24) is 14.8 Å². The average molecular weight is 392 g/mol. The molecule has 1 aromatic carbocycles. The van der Waals surface area contributed by atoms with Crippen LogP contribution in [0.3, 0.4) is 0 Å². The van der Waals surface area contributed by atoms with Crippen LogP contribution in [0.15, 0.2) is 42.6 Å². The number of hydrogen-bond acceptors (Lipinski definition) is 4. The predicted octanol–water partition coefficient (Wildman–Crippen LogP) is 3.17. The average Bonchev–Trinajstić information content (AvgIpc) is 2.65. The maximum Gasteiger partial charge on any atom is 0.433 e. The Hall–Kier alpha value is -2.45. The number of hydrogen-bond donors (Lipinski definition) is 1. The van der Waals surface area contributed by atoms with Crippen LogP contribution in [0.4, 0.5) is 18.9 Å². The van der Waals surface area contributed by atoms with E-state index in [0.717, 1.165) is 17.3 Å². The van der Waals surface area contributed by atoms with E-state index in [0.29, 0.717) is 44.8 Å². The van der Waals surface area contributed by atoms with Crippen LogP contribution in [-0.4, -0.2) is 53.4 Å². The molecule has 1 aliphatic rings. The Labute approximate surface area is 162 Å². The molecule has 1 fully saturated rings. The number of benzene rings is 1. The summed E-state index contributed by atoms with van der Waals surface area (Å²) in [5.74, 6) is -0.0632. The summed E-state index contributed by atoms with van der Waals surface area (Å²) in [7, 11) is 0. The highest BCUT2D eigenvalue weighted by atomic mass is 19.4. The van der Waals surface area contributed by atoms with Gasteiger partial charge in [-0.05, 0) is 36.2 Å². The van der Waals surface area contributed by atoms with Crippen molar-refractivity contribution in [1.29, 1.82) is 0 Å². The molecular weight excluding hydrogens is 369 g/mol. The summed E-state index contributed by atoms with van der Waals surface area (Å²) >= 11 is 0. The number of para-hydroxylation sites is 1. The number of aryl methyl sites for hydroxylation is 1. The number of pyridine rings is 1. The molecule has 5 nitrogen and oxygen atoms in total. The van der Waals surface area contributed by atoms with Crippen LogP contribution in [0.5, 0.6) is 0 Å². The highest BCUT2D eigenvalue weighted by Gasteiger charge is 2.32. The Kier molecular flexibility index (Phi) is 6.31. The van der Waals surface area contributed by atoms with Gasteiger partial charge in [0.25, 0.3) is 0 Å². The molecule has 0 spiro atoms. The Morgan fingerprint density at radius 1 is 1.11 bits per heavy atom. The quantitative estimate of drug-likeness (QED) is 0.849. The van der Waals surface area contributed by atoms with Crippen molar-refractivity contribution in [3.05, 3.63) is 59.4 Å². The first kappa shape index (κ1) is 20.3. The van der Waals surface area contributed by atoms with Crippen LogP contribution >= 0.6 is 0 Å². The lowest BCUT2D eigenvalue weighted by atomic mass is 10.2. The molecule has 2 heterocycles. The molecule has 28 heavy (non-hydrogen) atoms. The number of anilines is 1. The number of alkyl halides is 3. The number of carbonyl (C=O) groups is 1. The fourth-order valence-corrected chi connectivity index (χ4v) is 3.20. The van der Waals surface area contributed by atoms with Crippen LogP contribution in [0.25, 0.3) is 0 Å². The molecule has 0 radical (unpaired) electrons. The van der Waals surface area contributed by atoms with Crippen molar-refractivity contribution in [3.63, 3.8) is 0 Å². The van der Waals surface area contributed by atoms with Crippen LogP contribution in [0.2, 0.25) is 0 Å². The normalized spacial score (nSPS) is 16.1. The molecule has 1 amide bonds. The molecular formula is C20H23F3N4O. The van der Waals surface area contributed by atoms with E-state index in [1.165, 1.54) is 6.20 Å². The van der Waals surface area contributed by atoms with E-state index in [1.807, 2.05) is 31.2 Å². The van der Waals surface area contributed by atoms with E-state index in [4.69, 9.17) is 0 Å². The summed E-state index contributed by atoms with van der Waals surface area (Å²) in [6, 6.07) is 10.3. The second-order valence-electron chi connectivity index (χ2n) is 6.96. The number of amides is 1. The lowest BCUT2D eigenvalue weighted by molar-refractivity contribution is -0.141. The van der Waals surface area contributed by atoms with Gasteiger partial charge in [-0.15, -0.1) is 0 Å². The number of aromatic nitrogens is 1. The summed E-state index contributed by atoms with van der Waals surface area (Å²) in [6.07, 6.45) is -3.23. The monoisotopic (exact) mass is 392 g/mol. The van der Waals surface area contributed by atoms with Crippen molar-refractivity contribution in [3.8, 4) is 0 Å². The number of piperazine rings is 1. The molecule has 0 bridgehead atoms. The Bertz CT molecular complexity index is 817. The van der Waals surface area contributed by atoms with Gasteiger partial charge in [0, 0.05) is 44.6 Å². The van der Waals surface area contributed by atoms with Gasteiger partial charge in [-0.2, -0.15) is 13.2 Å². The summed E-state index contributed by atoms with van der Waals surface area (Å²) in [5, 5.41) is 2.92. The minimum Gasteiger partial charge on any atom is -0.325 e. The highest BCUT2D eigenvalue weighted by molar-refractivity contribution is 5.92. The first-order valence-corrected chi connectivity index (χ1v) is 9.13. The van der Waals surface area contributed by atoms with Crippen LogP contribution in [0, 0.1) is 6.92 Å². The standard InChI is InChI=1S/C20H23F3N4O/c1-15-4-2-3-5-17(15)25-19(28)14-27-10-8-26(9-11-27)13-16-6-7-24-18(12-16)20(21,22)23/h2-7,12H,8-11,13-14H2,1H3,(H,25,28). The van der Waals surface area contributed by atoms with Gasteiger partial charge in [0.15, 0.2) is 0 Å². The molecule has 1 aromatic heterocycles. The van der Waals surface area contributed by atoms with Crippen LogP contribution in [0.1, 0.15) is 16.8 Å². The van der Waals surface area contributed by atoms with E-state index >= 15 is 0 Å². The minimum absolute atomic E-state index is 0.0632. The third-order valence-electron chi connectivity index (χ3n) is 4.77. The molecule has 1 saturated heterocycles. The zero-order chi connectivity index (χ0) is 20.1. The summed E-state index contributed by atoms with van der Waals surface area (Å²) in [4.78, 5) is 19.8. The van der Waals surface area contributed by atoms with Crippen LogP contribution < -0.4 is 5.32 Å². The lowest BCUT2D eigenvalue weighted by Gasteiger charge is -2.34. The van der Waals surface area contributed by atoms with E-state index in [1.54, 1.807) is 6.07 Å². The SMILES string of the molecule is Cc1ccccc1NC(=O)CN1CCN(Cc2ccnc(C(F)(F)F)c2)CC1. The molecule has 0 aliphatic carbocycles. The third-order valence-corrected chi connectivity index (χ3v) is 4.77. The number of nitrogens with one attached hydrogen (secondary N) is 1. The maximum atomic E-state index is 12.8. The van der Waals surface area contributed by atoms with Crippen molar-refractivity contribution in [2.75, 3.05) is 38.0 Å². The van der Waals surface area contributed by atoms with E-state index in [9.17, 15) is 18.0 Å². The highest BCUT2D eigenvalue weighted by Crippen LogP contribution is 2.28. The smallest absolute Gasteiger partial charge is 0.325 e. The Morgan fingerprint density at radius 2 is 1.79 bits per heavy atom. The fraction of sp³-hybridized carbons (Fsp3) is 0.400. The molecule has 2 aromatic rings. The molecule has 0 saturated carbocycles. The molecule has 3 rings (SSSR count). The number of rotatable bonds is 5. The number of nitrogens with zero attached hydrogens (tertiary/aromatic N) is 3. The van der Waals surface area contributed by atoms with Gasteiger partial charge in [-0.3, -0.25) is 19.6 Å². The second-order valence-corrected chi connectivity index (χ2v) is 6.96. The van der Waals surface area contributed by atoms with Crippen LogP contribution in [-0.2, 0) is 17.5 Å². The number of halogens is 3. The summed E-state index contributed by atoms with van der Waals surface area (Å²) in [6.45, 7) is 5.46. The van der Waals surface area contributed by atoms with Crippen molar-refractivity contribution < 1.29 is 18.0 Å². The van der Waals surface area contributed by atoms with Crippen molar-refractivity contribution >= 4 is 11.6 Å². The van der Waals surface area contributed by atoms with Gasteiger partial charge in [0.05, 0.1) is 6.54 Å². The Morgan fingerprint density at radius 3 is 2.46 bits per heavy atom. The van der Waals surface area contributed by atoms with Gasteiger partial charge in [-0.1, -0.05) is 18.2 Å². The molecule has 150 valence electrons. The largest absolute Gasteiger partial charge is 0.433 e. The second kappa shape index (κ2) is 8.70. The van der Waals surface area contributed by atoms with E-state index in [2.05, 4.69) is 20.1 Å². The van der Waals surface area contributed by atoms with Gasteiger partial charge >= 0.3 is 6.18 Å². The minimum atomic E-state index is -4.43. The molecule has 8 heteroatoms. The van der Waals surface area contributed by atoms with Gasteiger partial charge < -0.3 is 5.32 Å². The summed E-state index contributed by atoms with van der Waals surface area (Å²) in [5.41, 5.74) is 1.55.